The molecule has 0 unspecified atom stereocenters. The number of nitrogens with zero attached hydrogens (tertiary/aromatic N) is 3. The molecule has 0 amide bonds. The lowest BCUT2D eigenvalue weighted by Gasteiger charge is -2.29. The highest BCUT2D eigenvalue weighted by Gasteiger charge is 2.20. The Morgan fingerprint density at radius 3 is 2.68 bits per heavy atom. The zero-order valence-electron chi connectivity index (χ0n) is 17.7. The van der Waals surface area contributed by atoms with Crippen LogP contribution in [0.15, 0.2) is 54.7 Å². The van der Waals surface area contributed by atoms with Crippen LogP contribution in [0, 0.1) is 0 Å². The number of thiazole rings is 1. The predicted molar refractivity (Wildman–Crippen MR) is 124 cm³/mol. The molecule has 1 N–H and O–H groups in total. The van der Waals surface area contributed by atoms with E-state index in [4.69, 9.17) is 4.74 Å². The van der Waals surface area contributed by atoms with Crippen molar-refractivity contribution in [2.24, 2.45) is 0 Å². The number of likely N-dealkylation sites (tertiary alicyclic amines) is 1. The number of rotatable bonds is 5. The first-order chi connectivity index (χ1) is 15.2. The average Bonchev–Trinajstić information content (AvgIpc) is 3.16. The molecule has 31 heavy (non-hydrogen) atoms. The Hall–Kier alpha value is -2.25. The third-order valence-electron chi connectivity index (χ3n) is 6.10. The normalized spacial score (nSPS) is 18.4. The molecular weight excluding hydrogens is 406 g/mol. The van der Waals surface area contributed by atoms with Crippen molar-refractivity contribution in [3.63, 3.8) is 0 Å². The summed E-state index contributed by atoms with van der Waals surface area (Å²) in [6, 6.07) is 17.0. The van der Waals surface area contributed by atoms with E-state index in [0.717, 1.165) is 62.9 Å². The molecule has 6 heteroatoms. The first-order valence-electron chi connectivity index (χ1n) is 11.1. The Morgan fingerprint density at radius 2 is 1.84 bits per heavy atom. The van der Waals surface area contributed by atoms with E-state index in [1.807, 2.05) is 12.3 Å². The fourth-order valence-electron chi connectivity index (χ4n) is 4.39. The number of ether oxygens (including phenoxy) is 1. The van der Waals surface area contributed by atoms with Crippen LogP contribution in [-0.2, 0) is 19.6 Å². The number of fused-ring (bicyclic) bond motifs is 1. The Balaban J connectivity index is 1.26. The number of aromatic nitrogens is 1. The fourth-order valence-corrected chi connectivity index (χ4v) is 5.35. The fraction of sp³-hybridized carbons (Fsp3) is 0.400. The molecule has 0 bridgehead atoms. The second-order valence-electron chi connectivity index (χ2n) is 8.51. The largest absolute Gasteiger partial charge is 0.492 e. The van der Waals surface area contributed by atoms with Gasteiger partial charge in [0.05, 0.1) is 6.10 Å². The lowest BCUT2D eigenvalue weighted by molar-refractivity contribution is 0.0792. The minimum atomic E-state index is -0.126. The highest BCUT2D eigenvalue weighted by Crippen LogP contribution is 2.29. The van der Waals surface area contributed by atoms with Gasteiger partial charge in [0.25, 0.3) is 0 Å². The van der Waals surface area contributed by atoms with Gasteiger partial charge >= 0.3 is 0 Å². The van der Waals surface area contributed by atoms with E-state index in [1.54, 1.807) is 11.3 Å². The van der Waals surface area contributed by atoms with Crippen molar-refractivity contribution in [2.75, 3.05) is 26.2 Å². The molecule has 2 aromatic carbocycles. The molecule has 1 saturated heterocycles. The van der Waals surface area contributed by atoms with E-state index in [9.17, 15) is 5.11 Å². The minimum absolute atomic E-state index is 0.126. The highest BCUT2D eigenvalue weighted by molar-refractivity contribution is 7.15. The lowest BCUT2D eigenvalue weighted by Crippen LogP contribution is -2.35. The van der Waals surface area contributed by atoms with Crippen LogP contribution in [0.2, 0.25) is 0 Å². The minimum Gasteiger partial charge on any atom is -0.492 e. The molecule has 5 nitrogen and oxygen atoms in total. The third kappa shape index (κ3) is 5.15. The van der Waals surface area contributed by atoms with E-state index in [1.165, 1.54) is 21.6 Å². The zero-order chi connectivity index (χ0) is 21.0. The Bertz CT molecular complexity index is 999. The van der Waals surface area contributed by atoms with Crippen LogP contribution in [0.3, 0.4) is 0 Å². The maximum Gasteiger partial charge on any atom is 0.123 e. The topological polar surface area (TPSA) is 48.8 Å². The van der Waals surface area contributed by atoms with Crippen molar-refractivity contribution < 1.29 is 9.84 Å². The summed E-state index contributed by atoms with van der Waals surface area (Å²) in [5.41, 5.74) is 3.77. The first-order valence-corrected chi connectivity index (χ1v) is 11.9. The van der Waals surface area contributed by atoms with Crippen molar-refractivity contribution >= 4 is 11.3 Å². The molecule has 0 aliphatic carbocycles. The van der Waals surface area contributed by atoms with E-state index >= 15 is 0 Å². The molecule has 0 spiro atoms. The number of hydrogen-bond acceptors (Lipinski definition) is 6. The lowest BCUT2D eigenvalue weighted by atomic mass is 10.1. The van der Waals surface area contributed by atoms with Gasteiger partial charge in [-0.05, 0) is 30.5 Å². The van der Waals surface area contributed by atoms with Crippen molar-refractivity contribution in [1.82, 2.24) is 14.8 Å². The van der Waals surface area contributed by atoms with E-state index in [0.29, 0.717) is 6.61 Å². The monoisotopic (exact) mass is 435 g/mol. The zero-order valence-corrected chi connectivity index (χ0v) is 18.6. The summed E-state index contributed by atoms with van der Waals surface area (Å²) in [6.07, 6.45) is 3.64. The second kappa shape index (κ2) is 9.49. The van der Waals surface area contributed by atoms with Gasteiger partial charge in [-0.15, -0.1) is 11.3 Å². The van der Waals surface area contributed by atoms with Gasteiger partial charge in [-0.2, -0.15) is 0 Å². The van der Waals surface area contributed by atoms with Gasteiger partial charge < -0.3 is 9.84 Å². The smallest absolute Gasteiger partial charge is 0.123 e. The summed E-state index contributed by atoms with van der Waals surface area (Å²) < 4.78 is 6.05. The summed E-state index contributed by atoms with van der Waals surface area (Å²) in [5, 5.41) is 10.8. The molecular formula is C25H29N3O2S. The van der Waals surface area contributed by atoms with Crippen LogP contribution in [0.5, 0.6) is 5.75 Å². The van der Waals surface area contributed by atoms with Gasteiger partial charge in [0, 0.05) is 61.5 Å². The first kappa shape index (κ1) is 20.6. The quantitative estimate of drug-likeness (QED) is 0.652. The number of piperidine rings is 1. The van der Waals surface area contributed by atoms with Gasteiger partial charge in [0.1, 0.15) is 17.4 Å². The van der Waals surface area contributed by atoms with Crippen molar-refractivity contribution in [2.45, 2.75) is 38.6 Å². The molecule has 0 saturated carbocycles. The van der Waals surface area contributed by atoms with E-state index < -0.39 is 0 Å². The molecule has 5 rings (SSSR count). The van der Waals surface area contributed by atoms with Crippen LogP contribution in [-0.4, -0.2) is 52.2 Å². The predicted octanol–water partition coefficient (Wildman–Crippen LogP) is 4.16. The Kier molecular flexibility index (Phi) is 6.32. The Morgan fingerprint density at radius 1 is 1.00 bits per heavy atom. The third-order valence-corrected chi connectivity index (χ3v) is 7.13. The summed E-state index contributed by atoms with van der Waals surface area (Å²) in [4.78, 5) is 10.8. The Labute approximate surface area is 187 Å². The molecule has 3 aromatic rings. The van der Waals surface area contributed by atoms with E-state index in [-0.39, 0.29) is 6.10 Å². The maximum atomic E-state index is 9.75. The van der Waals surface area contributed by atoms with Crippen molar-refractivity contribution in [3.8, 4) is 16.3 Å². The molecule has 2 aliphatic heterocycles. The van der Waals surface area contributed by atoms with Gasteiger partial charge in [0.15, 0.2) is 0 Å². The number of aliphatic hydroxyl groups excluding tert-OH is 1. The molecule has 0 radical (unpaired) electrons. The van der Waals surface area contributed by atoms with Crippen LogP contribution in [0.4, 0.5) is 0 Å². The summed E-state index contributed by atoms with van der Waals surface area (Å²) >= 11 is 1.77. The molecule has 2 aliphatic rings. The van der Waals surface area contributed by atoms with Crippen molar-refractivity contribution in [1.29, 1.82) is 0 Å². The number of hydrogen-bond donors (Lipinski definition) is 1. The van der Waals surface area contributed by atoms with Crippen LogP contribution >= 0.6 is 11.3 Å². The van der Waals surface area contributed by atoms with E-state index in [2.05, 4.69) is 57.2 Å². The average molecular weight is 436 g/mol. The molecule has 0 atom stereocenters. The second-order valence-corrected chi connectivity index (χ2v) is 9.62. The summed E-state index contributed by atoms with van der Waals surface area (Å²) in [5.74, 6) is 1.01. The van der Waals surface area contributed by atoms with Crippen LogP contribution in [0.1, 0.15) is 28.8 Å². The van der Waals surface area contributed by atoms with Gasteiger partial charge in [-0.25, -0.2) is 4.98 Å². The maximum absolute atomic E-state index is 9.75. The standard InChI is InChI=1S/C25H29N3O2S/c29-22-8-10-27(11-9-22)16-19-6-7-24-21(14-19)17-28(12-13-30-24)18-23-15-26-25(31-23)20-4-2-1-3-5-20/h1-7,14-15,22,29H,8-13,16-18H2. The molecule has 162 valence electrons. The highest BCUT2D eigenvalue weighted by atomic mass is 32.1. The SMILES string of the molecule is OC1CCN(Cc2ccc3c(c2)CN(Cc2cnc(-c4ccccc4)s2)CCO3)CC1. The summed E-state index contributed by atoms with van der Waals surface area (Å²) in [6.45, 7) is 6.27. The molecule has 3 heterocycles. The van der Waals surface area contributed by atoms with Crippen LogP contribution < -0.4 is 4.74 Å². The van der Waals surface area contributed by atoms with Gasteiger partial charge in [0.2, 0.25) is 0 Å². The summed E-state index contributed by atoms with van der Waals surface area (Å²) in [7, 11) is 0. The van der Waals surface area contributed by atoms with Gasteiger partial charge in [-0.1, -0.05) is 36.4 Å². The van der Waals surface area contributed by atoms with Crippen LogP contribution in [0.25, 0.3) is 10.6 Å². The number of benzene rings is 2. The number of aliphatic hydroxyl groups is 1. The molecule has 1 fully saturated rings. The van der Waals surface area contributed by atoms with Gasteiger partial charge in [-0.3, -0.25) is 9.80 Å². The van der Waals surface area contributed by atoms with Crippen molar-refractivity contribution in [3.05, 3.63) is 70.7 Å². The molecule has 1 aromatic heterocycles.